The van der Waals surface area contributed by atoms with Gasteiger partial charge in [-0.3, -0.25) is 9.89 Å². The molecule has 0 saturated heterocycles. The van der Waals surface area contributed by atoms with Crippen molar-refractivity contribution in [1.29, 1.82) is 0 Å². The monoisotopic (exact) mass is 332 g/mol. The molecule has 0 aliphatic carbocycles. The number of hydrogen-bond donors (Lipinski definition) is 2. The first kappa shape index (κ1) is 14.7. The summed E-state index contributed by atoms with van der Waals surface area (Å²) in [6, 6.07) is 12.9. The molecule has 9 heteroatoms. The molecule has 0 fully saturated rings. The molecule has 2 N–H and O–H groups in total. The Balaban J connectivity index is 1.53. The van der Waals surface area contributed by atoms with E-state index in [1.165, 1.54) is 23.7 Å². The molecule has 3 aromatic heterocycles. The van der Waals surface area contributed by atoms with Crippen LogP contribution in [-0.4, -0.2) is 40.8 Å². The number of H-pyrrole nitrogens is 1. The zero-order valence-corrected chi connectivity index (χ0v) is 12.9. The molecular weight excluding hydrogens is 320 g/mol. The number of amides is 1. The van der Waals surface area contributed by atoms with E-state index in [1.54, 1.807) is 12.1 Å². The molecule has 0 saturated carbocycles. The van der Waals surface area contributed by atoms with Gasteiger partial charge < -0.3 is 5.32 Å². The maximum absolute atomic E-state index is 12.4. The third-order valence-electron chi connectivity index (χ3n) is 3.44. The molecule has 9 nitrogen and oxygen atoms in total. The molecule has 0 spiro atoms. The molecule has 4 aromatic rings. The van der Waals surface area contributed by atoms with Crippen LogP contribution in [0.4, 0.5) is 5.82 Å². The minimum Gasteiger partial charge on any atom is -0.305 e. The van der Waals surface area contributed by atoms with Crippen LogP contribution in [0.25, 0.3) is 17.1 Å². The van der Waals surface area contributed by atoms with Gasteiger partial charge in [0, 0.05) is 11.6 Å². The van der Waals surface area contributed by atoms with Crippen molar-refractivity contribution in [2.45, 2.75) is 0 Å². The van der Waals surface area contributed by atoms with Gasteiger partial charge in [-0.05, 0) is 6.07 Å². The van der Waals surface area contributed by atoms with Gasteiger partial charge in [-0.25, -0.2) is 19.6 Å². The Kier molecular flexibility index (Phi) is 3.71. The van der Waals surface area contributed by atoms with Crippen LogP contribution >= 0.6 is 0 Å². The highest BCUT2D eigenvalue weighted by atomic mass is 16.2. The van der Waals surface area contributed by atoms with Gasteiger partial charge in [-0.1, -0.05) is 30.3 Å². The van der Waals surface area contributed by atoms with Crippen molar-refractivity contribution in [1.82, 2.24) is 34.9 Å². The fourth-order valence-corrected chi connectivity index (χ4v) is 2.25. The smallest absolute Gasteiger partial charge is 0.274 e. The number of carbonyl (C=O) groups is 1. The minimum absolute atomic E-state index is 0.333. The molecule has 3 heterocycles. The highest BCUT2D eigenvalue weighted by Crippen LogP contribution is 2.17. The zero-order chi connectivity index (χ0) is 17.1. The lowest BCUT2D eigenvalue weighted by Gasteiger charge is -2.04. The van der Waals surface area contributed by atoms with E-state index >= 15 is 0 Å². The van der Waals surface area contributed by atoms with Crippen molar-refractivity contribution in [3.63, 3.8) is 0 Å². The van der Waals surface area contributed by atoms with Crippen LogP contribution in [0.2, 0.25) is 0 Å². The molecule has 25 heavy (non-hydrogen) atoms. The lowest BCUT2D eigenvalue weighted by molar-refractivity contribution is 0.102. The van der Waals surface area contributed by atoms with Gasteiger partial charge in [-0.2, -0.15) is 10.2 Å². The van der Waals surface area contributed by atoms with Crippen molar-refractivity contribution in [2.24, 2.45) is 0 Å². The Labute approximate surface area is 141 Å². The predicted molar refractivity (Wildman–Crippen MR) is 88.9 cm³/mol. The second kappa shape index (κ2) is 6.32. The van der Waals surface area contributed by atoms with Crippen molar-refractivity contribution >= 4 is 11.7 Å². The number of nitrogens with one attached hydrogen (secondary N) is 2. The molecule has 1 amide bonds. The van der Waals surface area contributed by atoms with E-state index in [-0.39, 0.29) is 5.91 Å². The average Bonchev–Trinajstić information content (AvgIpc) is 3.35. The van der Waals surface area contributed by atoms with Crippen LogP contribution in [0.3, 0.4) is 0 Å². The van der Waals surface area contributed by atoms with Crippen LogP contribution in [-0.2, 0) is 0 Å². The summed E-state index contributed by atoms with van der Waals surface area (Å²) >= 11 is 0. The van der Waals surface area contributed by atoms with Gasteiger partial charge in [-0.15, -0.1) is 0 Å². The van der Waals surface area contributed by atoms with Crippen molar-refractivity contribution in [3.05, 3.63) is 67.1 Å². The Bertz CT molecular complexity index is 994. The Hall–Kier alpha value is -3.88. The summed E-state index contributed by atoms with van der Waals surface area (Å²) in [7, 11) is 0. The minimum atomic E-state index is -0.349. The highest BCUT2D eigenvalue weighted by molar-refractivity contribution is 6.03. The largest absolute Gasteiger partial charge is 0.305 e. The fraction of sp³-hybridized carbons (Fsp3) is 0. The molecule has 0 bridgehead atoms. The number of aromatic nitrogens is 7. The summed E-state index contributed by atoms with van der Waals surface area (Å²) in [5, 5.41) is 13.6. The standard InChI is InChI=1S/C16H12N8O/c25-16(13-6-12(22-23-13)11-4-2-1-3-5-11)21-14-7-15(19-9-18-14)24-10-17-8-20-24/h1-10H,(H,22,23)(H,18,19,21,25). The number of aromatic amines is 1. The van der Waals surface area contributed by atoms with E-state index < -0.39 is 0 Å². The second-order valence-electron chi connectivity index (χ2n) is 5.09. The number of benzene rings is 1. The van der Waals surface area contributed by atoms with Gasteiger partial charge in [0.25, 0.3) is 5.91 Å². The highest BCUT2D eigenvalue weighted by Gasteiger charge is 2.12. The lowest BCUT2D eigenvalue weighted by atomic mass is 10.1. The lowest BCUT2D eigenvalue weighted by Crippen LogP contribution is -2.14. The average molecular weight is 332 g/mol. The third-order valence-corrected chi connectivity index (χ3v) is 3.44. The molecule has 1 aromatic carbocycles. The first-order chi connectivity index (χ1) is 12.3. The van der Waals surface area contributed by atoms with Crippen molar-refractivity contribution in [2.75, 3.05) is 5.32 Å². The number of anilines is 1. The molecule has 122 valence electrons. The fourth-order valence-electron chi connectivity index (χ4n) is 2.25. The summed E-state index contributed by atoms with van der Waals surface area (Å²) in [6.45, 7) is 0. The van der Waals surface area contributed by atoms with E-state index in [2.05, 4.69) is 35.6 Å². The number of nitrogens with zero attached hydrogens (tertiary/aromatic N) is 6. The van der Waals surface area contributed by atoms with Crippen LogP contribution in [0, 0.1) is 0 Å². The van der Waals surface area contributed by atoms with E-state index in [9.17, 15) is 4.79 Å². The maximum Gasteiger partial charge on any atom is 0.274 e. The Morgan fingerprint density at radius 2 is 1.96 bits per heavy atom. The first-order valence-electron chi connectivity index (χ1n) is 7.39. The number of carbonyl (C=O) groups excluding carboxylic acids is 1. The quantitative estimate of drug-likeness (QED) is 0.588. The summed E-state index contributed by atoms with van der Waals surface area (Å²) in [5.74, 6) is 0.497. The van der Waals surface area contributed by atoms with Gasteiger partial charge in [0.15, 0.2) is 5.82 Å². The van der Waals surface area contributed by atoms with Crippen LogP contribution in [0.5, 0.6) is 0 Å². The molecule has 0 atom stereocenters. The second-order valence-corrected chi connectivity index (χ2v) is 5.09. The summed E-state index contributed by atoms with van der Waals surface area (Å²) in [5.41, 5.74) is 1.95. The summed E-state index contributed by atoms with van der Waals surface area (Å²) in [6.07, 6.45) is 4.25. The predicted octanol–water partition coefficient (Wildman–Crippen LogP) is 1.70. The van der Waals surface area contributed by atoms with Gasteiger partial charge in [0.05, 0.1) is 5.69 Å². The van der Waals surface area contributed by atoms with Crippen LogP contribution in [0.15, 0.2) is 61.4 Å². The maximum atomic E-state index is 12.4. The zero-order valence-electron chi connectivity index (χ0n) is 12.9. The first-order valence-corrected chi connectivity index (χ1v) is 7.39. The molecule has 0 unspecified atom stereocenters. The van der Waals surface area contributed by atoms with E-state index in [0.717, 1.165) is 5.56 Å². The number of rotatable bonds is 4. The van der Waals surface area contributed by atoms with E-state index in [0.29, 0.717) is 23.0 Å². The van der Waals surface area contributed by atoms with Crippen molar-refractivity contribution < 1.29 is 4.79 Å². The Morgan fingerprint density at radius 3 is 2.76 bits per heavy atom. The molecule has 0 aliphatic heterocycles. The van der Waals surface area contributed by atoms with Gasteiger partial charge in [0.2, 0.25) is 0 Å². The topological polar surface area (TPSA) is 114 Å². The van der Waals surface area contributed by atoms with Gasteiger partial charge in [0.1, 0.15) is 30.5 Å². The molecule has 0 radical (unpaired) electrons. The molecule has 0 aliphatic rings. The van der Waals surface area contributed by atoms with Crippen LogP contribution in [0.1, 0.15) is 10.5 Å². The van der Waals surface area contributed by atoms with Crippen molar-refractivity contribution in [3.8, 4) is 17.1 Å². The van der Waals surface area contributed by atoms with Gasteiger partial charge >= 0.3 is 0 Å². The molecular formula is C16H12N8O. The van der Waals surface area contributed by atoms with E-state index in [1.807, 2.05) is 30.3 Å². The van der Waals surface area contributed by atoms with Crippen LogP contribution < -0.4 is 5.32 Å². The SMILES string of the molecule is O=C(Nc1cc(-n2cncn2)ncn1)c1cc(-c2ccccc2)n[nH]1. The summed E-state index contributed by atoms with van der Waals surface area (Å²) < 4.78 is 1.47. The molecule has 4 rings (SSSR count). The number of hydrogen-bond acceptors (Lipinski definition) is 6. The normalized spacial score (nSPS) is 10.6. The summed E-state index contributed by atoms with van der Waals surface area (Å²) in [4.78, 5) is 24.4. The van der Waals surface area contributed by atoms with E-state index in [4.69, 9.17) is 0 Å². The third kappa shape index (κ3) is 3.11. The Morgan fingerprint density at radius 1 is 1.08 bits per heavy atom.